The van der Waals surface area contributed by atoms with Gasteiger partial charge in [-0.2, -0.15) is 15.5 Å². The summed E-state index contributed by atoms with van der Waals surface area (Å²) in [5.74, 6) is 2.09. The lowest BCUT2D eigenvalue weighted by Gasteiger charge is -2.61. The fraction of sp³-hybridized carbons (Fsp3) is 0.333. The van der Waals surface area contributed by atoms with Crippen molar-refractivity contribution in [2.24, 2.45) is 18.4 Å². The summed E-state index contributed by atoms with van der Waals surface area (Å²) in [6.07, 6.45) is 15.6. The molecule has 4 fully saturated rings. The van der Waals surface area contributed by atoms with E-state index in [9.17, 15) is 10.1 Å². The fourth-order valence-electron chi connectivity index (χ4n) is 7.97. The molecule has 2 unspecified atom stereocenters. The van der Waals surface area contributed by atoms with Crippen molar-refractivity contribution in [1.82, 2.24) is 29.4 Å². The van der Waals surface area contributed by atoms with Gasteiger partial charge in [-0.05, 0) is 62.3 Å². The monoisotopic (exact) mass is 585 g/mol. The smallest absolute Gasteiger partial charge is 0.230 e. The SMILES string of the molecule is COc1ccc(NC(=O)C23CC4C[C@H](C2)N(c2ccc(-c5cc(-c6cnn(C)c6)cn6ncc(C#N)c56)cn2)[C@@H](C4)C3)cn1. The molecule has 2 saturated carbocycles. The van der Waals surface area contributed by atoms with Gasteiger partial charge in [0.25, 0.3) is 0 Å². The third-order valence-corrected chi connectivity index (χ3v) is 9.71. The molecule has 1 N–H and O–H groups in total. The number of fused-ring (bicyclic) bond motifs is 1. The Morgan fingerprint density at radius 3 is 2.48 bits per heavy atom. The molecule has 11 heteroatoms. The van der Waals surface area contributed by atoms with Crippen molar-refractivity contribution in [3.05, 3.63) is 73.1 Å². The first-order chi connectivity index (χ1) is 21.4. The van der Waals surface area contributed by atoms with Crippen molar-refractivity contribution >= 4 is 22.9 Å². The minimum absolute atomic E-state index is 0.0958. The Morgan fingerprint density at radius 2 is 1.82 bits per heavy atom. The average Bonchev–Trinajstić information content (AvgIpc) is 3.67. The van der Waals surface area contributed by atoms with Crippen LogP contribution in [-0.4, -0.2) is 54.5 Å². The predicted molar refractivity (Wildman–Crippen MR) is 164 cm³/mol. The molecular formula is C33H31N9O2. The summed E-state index contributed by atoms with van der Waals surface area (Å²) >= 11 is 0. The van der Waals surface area contributed by atoms with Gasteiger partial charge in [0, 0.05) is 66.0 Å². The molecule has 220 valence electrons. The number of aromatic nitrogens is 6. The van der Waals surface area contributed by atoms with E-state index >= 15 is 0 Å². The van der Waals surface area contributed by atoms with Crippen molar-refractivity contribution in [3.63, 3.8) is 0 Å². The van der Waals surface area contributed by atoms with E-state index < -0.39 is 0 Å². The van der Waals surface area contributed by atoms with Crippen LogP contribution < -0.4 is 15.0 Å². The summed E-state index contributed by atoms with van der Waals surface area (Å²) in [6, 6.07) is 12.7. The van der Waals surface area contributed by atoms with Gasteiger partial charge in [0.1, 0.15) is 11.9 Å². The molecule has 2 saturated heterocycles. The first kappa shape index (κ1) is 26.4. The molecule has 2 aliphatic carbocycles. The molecule has 4 bridgehead atoms. The third-order valence-electron chi connectivity index (χ3n) is 9.71. The molecule has 4 aliphatic rings. The molecule has 5 aromatic rings. The largest absolute Gasteiger partial charge is 0.481 e. The van der Waals surface area contributed by atoms with Crippen molar-refractivity contribution in [1.29, 1.82) is 5.26 Å². The standard InChI is InChI=1S/C33H31N9O2/c1-40-18-24(16-37-40)22-9-28(31-23(13-34)15-38-41(31)19-22)21-3-5-29(35-14-21)42-26-7-20-8-27(42)12-33(10-20,11-26)32(43)39-25-4-6-30(44-2)36-17-25/h3-6,9,14-20,26-27H,7-8,10-12H2,1-2H3,(H,39,43)/t20?,26-,27+,33?. The molecule has 11 nitrogen and oxygen atoms in total. The summed E-state index contributed by atoms with van der Waals surface area (Å²) in [6.45, 7) is 0. The number of nitriles is 1. The number of aryl methyl sites for hydroxylation is 1. The van der Waals surface area contributed by atoms with Crippen LogP contribution in [0.3, 0.4) is 0 Å². The molecule has 1 amide bonds. The van der Waals surface area contributed by atoms with Crippen LogP contribution >= 0.6 is 0 Å². The molecule has 2 aliphatic heterocycles. The highest BCUT2D eigenvalue weighted by Crippen LogP contribution is 2.57. The van der Waals surface area contributed by atoms with Crippen LogP contribution in [0.2, 0.25) is 0 Å². The second-order valence-electron chi connectivity index (χ2n) is 12.4. The zero-order valence-corrected chi connectivity index (χ0v) is 24.5. The van der Waals surface area contributed by atoms with Crippen LogP contribution in [0.5, 0.6) is 5.88 Å². The summed E-state index contributed by atoms with van der Waals surface area (Å²) in [5.41, 5.74) is 5.32. The maximum atomic E-state index is 13.7. The normalized spacial score (nSPS) is 23.6. The quantitative estimate of drug-likeness (QED) is 0.300. The number of methoxy groups -OCH3 is 1. The number of pyridine rings is 3. The number of anilines is 2. The van der Waals surface area contributed by atoms with Gasteiger partial charge in [-0.3, -0.25) is 9.48 Å². The maximum absolute atomic E-state index is 13.7. The number of amides is 1. The van der Waals surface area contributed by atoms with E-state index in [4.69, 9.17) is 9.72 Å². The number of rotatable bonds is 6. The molecule has 7 heterocycles. The van der Waals surface area contributed by atoms with Crippen LogP contribution in [0.4, 0.5) is 11.5 Å². The van der Waals surface area contributed by atoms with Gasteiger partial charge in [-0.15, -0.1) is 0 Å². The van der Waals surface area contributed by atoms with Gasteiger partial charge in [0.2, 0.25) is 11.8 Å². The first-order valence-electron chi connectivity index (χ1n) is 14.9. The highest BCUT2D eigenvalue weighted by molar-refractivity contribution is 5.96. The summed E-state index contributed by atoms with van der Waals surface area (Å²) in [5, 5.41) is 21.7. The molecule has 0 aromatic carbocycles. The lowest BCUT2D eigenvalue weighted by molar-refractivity contribution is -0.134. The Morgan fingerprint density at radius 1 is 0.977 bits per heavy atom. The van der Waals surface area contributed by atoms with Crippen LogP contribution in [0.1, 0.15) is 37.7 Å². The molecule has 0 radical (unpaired) electrons. The second-order valence-corrected chi connectivity index (χ2v) is 12.4. The molecular weight excluding hydrogens is 554 g/mol. The second kappa shape index (κ2) is 9.91. The number of ether oxygens (including phenoxy) is 1. The number of nitrogens with zero attached hydrogens (tertiary/aromatic N) is 8. The Kier molecular flexibility index (Phi) is 5.94. The van der Waals surface area contributed by atoms with E-state index in [1.807, 2.05) is 37.9 Å². The first-order valence-corrected chi connectivity index (χ1v) is 14.9. The van der Waals surface area contributed by atoms with Crippen molar-refractivity contribution in [2.45, 2.75) is 44.2 Å². The summed E-state index contributed by atoms with van der Waals surface area (Å²) < 4.78 is 8.68. The Balaban J connectivity index is 1.08. The number of hydrogen-bond donors (Lipinski definition) is 1. The molecule has 5 aromatic heterocycles. The van der Waals surface area contributed by atoms with Gasteiger partial charge < -0.3 is 15.0 Å². The molecule has 0 spiro atoms. The summed E-state index contributed by atoms with van der Waals surface area (Å²) in [7, 11) is 3.47. The van der Waals surface area contributed by atoms with Gasteiger partial charge in [0.05, 0.1) is 47.9 Å². The van der Waals surface area contributed by atoms with Crippen molar-refractivity contribution in [3.8, 4) is 34.2 Å². The zero-order chi connectivity index (χ0) is 30.0. The van der Waals surface area contributed by atoms with E-state index in [2.05, 4.69) is 49.7 Å². The molecule has 9 rings (SSSR count). The van der Waals surface area contributed by atoms with Gasteiger partial charge in [0.15, 0.2) is 0 Å². The third kappa shape index (κ3) is 4.20. The molecule has 4 atom stereocenters. The summed E-state index contributed by atoms with van der Waals surface area (Å²) in [4.78, 5) is 25.4. The maximum Gasteiger partial charge on any atom is 0.230 e. The van der Waals surface area contributed by atoms with Crippen molar-refractivity contribution < 1.29 is 9.53 Å². The average molecular weight is 586 g/mol. The van der Waals surface area contributed by atoms with Crippen molar-refractivity contribution in [2.75, 3.05) is 17.3 Å². The highest BCUT2D eigenvalue weighted by Gasteiger charge is 2.58. The number of carbonyl (C=O) groups is 1. The minimum atomic E-state index is -0.374. The van der Waals surface area contributed by atoms with Crippen LogP contribution in [-0.2, 0) is 11.8 Å². The number of carbonyl (C=O) groups excluding carboxylic acids is 1. The van der Waals surface area contributed by atoms with Gasteiger partial charge in [-0.1, -0.05) is 0 Å². The number of piperidine rings is 2. The van der Waals surface area contributed by atoms with E-state index in [-0.39, 0.29) is 23.4 Å². The predicted octanol–water partition coefficient (Wildman–Crippen LogP) is 4.85. The highest BCUT2D eigenvalue weighted by atomic mass is 16.5. The Bertz CT molecular complexity index is 1920. The zero-order valence-electron chi connectivity index (χ0n) is 24.5. The lowest BCUT2D eigenvalue weighted by atomic mass is 9.55. The van der Waals surface area contributed by atoms with E-state index in [0.717, 1.165) is 65.7 Å². The van der Waals surface area contributed by atoms with E-state index in [0.29, 0.717) is 23.0 Å². The molecule has 44 heavy (non-hydrogen) atoms. The van der Waals surface area contributed by atoms with Crippen LogP contribution in [0.25, 0.3) is 27.8 Å². The van der Waals surface area contributed by atoms with Gasteiger partial charge in [-0.25, -0.2) is 14.5 Å². The van der Waals surface area contributed by atoms with E-state index in [1.54, 1.807) is 34.8 Å². The lowest BCUT2D eigenvalue weighted by Crippen LogP contribution is -2.64. The van der Waals surface area contributed by atoms with Gasteiger partial charge >= 0.3 is 0 Å². The Hall–Kier alpha value is -5.24. The van der Waals surface area contributed by atoms with Crippen LogP contribution in [0.15, 0.2) is 67.5 Å². The van der Waals surface area contributed by atoms with E-state index in [1.165, 1.54) is 0 Å². The topological polar surface area (TPSA) is 126 Å². The number of hydrogen-bond acceptors (Lipinski definition) is 8. The number of nitrogens with one attached hydrogen (secondary N) is 1. The van der Waals surface area contributed by atoms with Crippen LogP contribution in [0, 0.1) is 22.7 Å². The Labute approximate surface area is 254 Å². The fourth-order valence-corrected chi connectivity index (χ4v) is 7.97. The minimum Gasteiger partial charge on any atom is -0.481 e.